The molecule has 0 bridgehead atoms. The molecular weight excluding hydrogens is 196 g/mol. The Bertz CT molecular complexity index is 171. The molecule has 2 nitrogen and oxygen atoms in total. The first kappa shape index (κ1) is 12.4. The van der Waals surface area contributed by atoms with Crippen LogP contribution in [0.15, 0.2) is 0 Å². The van der Waals surface area contributed by atoms with E-state index >= 15 is 0 Å². The smallest absolute Gasteiger partial charge is 0.000978 e. The van der Waals surface area contributed by atoms with Crippen LogP contribution in [0.25, 0.3) is 0 Å². The van der Waals surface area contributed by atoms with Crippen molar-refractivity contribution in [3.8, 4) is 0 Å². The molecule has 2 fully saturated rings. The van der Waals surface area contributed by atoms with Gasteiger partial charge in [0.15, 0.2) is 0 Å². The summed E-state index contributed by atoms with van der Waals surface area (Å²) in [5.41, 5.74) is 0. The lowest BCUT2D eigenvalue weighted by Crippen LogP contribution is -2.30. The molecule has 2 rings (SSSR count). The number of hydrogen-bond acceptors (Lipinski definition) is 2. The summed E-state index contributed by atoms with van der Waals surface area (Å²) in [5, 5.41) is 3.41. The normalized spacial score (nSPS) is 20.6. The Morgan fingerprint density at radius 3 is 2.12 bits per heavy atom. The molecule has 0 aromatic carbocycles. The first-order valence-electron chi connectivity index (χ1n) is 7.31. The van der Waals surface area contributed by atoms with Gasteiger partial charge in [0.2, 0.25) is 0 Å². The van der Waals surface area contributed by atoms with Crippen molar-refractivity contribution in [2.45, 2.75) is 45.4 Å². The van der Waals surface area contributed by atoms with Crippen molar-refractivity contribution < 1.29 is 0 Å². The van der Waals surface area contributed by atoms with Crippen LogP contribution < -0.4 is 5.32 Å². The lowest BCUT2D eigenvalue weighted by atomic mass is 10.2. The Kier molecular flexibility index (Phi) is 5.11. The summed E-state index contributed by atoms with van der Waals surface area (Å²) in [6.07, 6.45) is 8.72. The van der Waals surface area contributed by atoms with Gasteiger partial charge in [-0.3, -0.25) is 0 Å². The molecule has 16 heavy (non-hydrogen) atoms. The van der Waals surface area contributed by atoms with E-state index in [0.29, 0.717) is 0 Å². The van der Waals surface area contributed by atoms with Crippen molar-refractivity contribution in [2.24, 2.45) is 11.8 Å². The van der Waals surface area contributed by atoms with Crippen molar-refractivity contribution in [3.05, 3.63) is 0 Å². The maximum Gasteiger partial charge on any atom is 0.000978 e. The Morgan fingerprint density at radius 1 is 1.00 bits per heavy atom. The SMILES string of the molecule is CCNCCCCN(CC1CC1)CC1CC1. The van der Waals surface area contributed by atoms with E-state index in [1.54, 1.807) is 0 Å². The topological polar surface area (TPSA) is 15.3 Å². The van der Waals surface area contributed by atoms with Crippen LogP contribution in [-0.2, 0) is 0 Å². The highest BCUT2D eigenvalue weighted by atomic mass is 15.1. The van der Waals surface area contributed by atoms with Crippen molar-refractivity contribution in [1.29, 1.82) is 0 Å². The minimum absolute atomic E-state index is 1.06. The predicted octanol–water partition coefficient (Wildman–Crippen LogP) is 2.50. The van der Waals surface area contributed by atoms with Gasteiger partial charge in [-0.2, -0.15) is 0 Å². The van der Waals surface area contributed by atoms with Crippen LogP contribution in [-0.4, -0.2) is 37.6 Å². The summed E-state index contributed by atoms with van der Waals surface area (Å²) in [6.45, 7) is 8.66. The minimum Gasteiger partial charge on any atom is -0.317 e. The van der Waals surface area contributed by atoms with E-state index in [1.165, 1.54) is 64.7 Å². The van der Waals surface area contributed by atoms with Gasteiger partial charge in [-0.15, -0.1) is 0 Å². The summed E-state index contributed by atoms with van der Waals surface area (Å²) in [4.78, 5) is 2.75. The zero-order valence-corrected chi connectivity index (χ0v) is 10.9. The molecule has 0 aromatic rings. The standard InChI is InChI=1S/C14H28N2/c1-2-15-9-3-4-10-16(11-13-5-6-13)12-14-7-8-14/h13-15H,2-12H2,1H3. The van der Waals surface area contributed by atoms with Gasteiger partial charge in [-0.1, -0.05) is 6.92 Å². The zero-order valence-electron chi connectivity index (χ0n) is 10.9. The molecule has 0 spiro atoms. The third kappa shape index (κ3) is 5.31. The third-order valence-electron chi connectivity index (χ3n) is 3.75. The molecular formula is C14H28N2. The zero-order chi connectivity index (χ0) is 11.2. The van der Waals surface area contributed by atoms with Crippen LogP contribution in [0.4, 0.5) is 0 Å². The predicted molar refractivity (Wildman–Crippen MR) is 69.7 cm³/mol. The van der Waals surface area contributed by atoms with Gasteiger partial charge >= 0.3 is 0 Å². The fraction of sp³-hybridized carbons (Fsp3) is 1.00. The summed E-state index contributed by atoms with van der Waals surface area (Å²) >= 11 is 0. The van der Waals surface area contributed by atoms with Gasteiger partial charge in [0, 0.05) is 13.1 Å². The van der Waals surface area contributed by atoms with Gasteiger partial charge in [0.05, 0.1) is 0 Å². The van der Waals surface area contributed by atoms with Crippen LogP contribution >= 0.6 is 0 Å². The third-order valence-corrected chi connectivity index (χ3v) is 3.75. The van der Waals surface area contributed by atoms with E-state index in [9.17, 15) is 0 Å². The molecule has 0 aromatic heterocycles. The van der Waals surface area contributed by atoms with E-state index in [1.807, 2.05) is 0 Å². The maximum absolute atomic E-state index is 3.41. The molecule has 94 valence electrons. The van der Waals surface area contributed by atoms with Crippen LogP contribution in [0.1, 0.15) is 45.4 Å². The van der Waals surface area contributed by atoms with E-state index in [2.05, 4.69) is 17.1 Å². The number of rotatable bonds is 10. The van der Waals surface area contributed by atoms with E-state index in [-0.39, 0.29) is 0 Å². The van der Waals surface area contributed by atoms with Crippen molar-refractivity contribution in [2.75, 3.05) is 32.7 Å². The summed E-state index contributed by atoms with van der Waals surface area (Å²) in [7, 11) is 0. The Hall–Kier alpha value is -0.0800. The molecule has 0 atom stereocenters. The van der Waals surface area contributed by atoms with Gasteiger partial charge in [-0.25, -0.2) is 0 Å². The molecule has 0 amide bonds. The molecule has 0 unspecified atom stereocenters. The van der Waals surface area contributed by atoms with Crippen LogP contribution in [0.2, 0.25) is 0 Å². The van der Waals surface area contributed by atoms with Crippen molar-refractivity contribution in [3.63, 3.8) is 0 Å². The van der Waals surface area contributed by atoms with Crippen LogP contribution in [0, 0.1) is 11.8 Å². The second kappa shape index (κ2) is 6.61. The molecule has 0 aliphatic heterocycles. The minimum atomic E-state index is 1.06. The van der Waals surface area contributed by atoms with Crippen molar-refractivity contribution >= 4 is 0 Å². The second-order valence-electron chi connectivity index (χ2n) is 5.71. The Balaban J connectivity index is 1.53. The molecule has 0 radical (unpaired) electrons. The number of hydrogen-bond donors (Lipinski definition) is 1. The molecule has 0 saturated heterocycles. The first-order valence-corrected chi connectivity index (χ1v) is 7.31. The average molecular weight is 224 g/mol. The fourth-order valence-electron chi connectivity index (χ4n) is 2.35. The summed E-state index contributed by atoms with van der Waals surface area (Å²) in [5.74, 6) is 2.13. The number of nitrogens with one attached hydrogen (secondary N) is 1. The lowest BCUT2D eigenvalue weighted by Gasteiger charge is -2.22. The molecule has 2 saturated carbocycles. The molecule has 2 heteroatoms. The highest BCUT2D eigenvalue weighted by molar-refractivity contribution is 4.82. The van der Waals surface area contributed by atoms with Crippen LogP contribution in [0.5, 0.6) is 0 Å². The average Bonchev–Trinajstić information content (AvgIpc) is 3.12. The van der Waals surface area contributed by atoms with Gasteiger partial charge in [0.1, 0.15) is 0 Å². The monoisotopic (exact) mass is 224 g/mol. The number of unbranched alkanes of at least 4 members (excludes halogenated alkanes) is 1. The van der Waals surface area contributed by atoms with E-state index in [0.717, 1.165) is 18.4 Å². The second-order valence-corrected chi connectivity index (χ2v) is 5.71. The van der Waals surface area contributed by atoms with E-state index < -0.39 is 0 Å². The van der Waals surface area contributed by atoms with Crippen molar-refractivity contribution in [1.82, 2.24) is 10.2 Å². The number of nitrogens with zero attached hydrogens (tertiary/aromatic N) is 1. The van der Waals surface area contributed by atoms with Gasteiger partial charge < -0.3 is 10.2 Å². The summed E-state index contributed by atoms with van der Waals surface area (Å²) in [6, 6.07) is 0. The molecule has 2 aliphatic rings. The van der Waals surface area contributed by atoms with Gasteiger partial charge in [0.25, 0.3) is 0 Å². The summed E-state index contributed by atoms with van der Waals surface area (Å²) < 4.78 is 0. The highest BCUT2D eigenvalue weighted by Crippen LogP contribution is 2.33. The Labute approximate surface area is 101 Å². The quantitative estimate of drug-likeness (QED) is 0.574. The molecule has 1 N–H and O–H groups in total. The van der Waals surface area contributed by atoms with Crippen LogP contribution in [0.3, 0.4) is 0 Å². The maximum atomic E-state index is 3.41. The largest absolute Gasteiger partial charge is 0.317 e. The lowest BCUT2D eigenvalue weighted by molar-refractivity contribution is 0.247. The Morgan fingerprint density at radius 2 is 1.62 bits per heavy atom. The highest BCUT2D eigenvalue weighted by Gasteiger charge is 2.28. The van der Waals surface area contributed by atoms with Gasteiger partial charge in [-0.05, 0) is 70.0 Å². The fourth-order valence-corrected chi connectivity index (χ4v) is 2.35. The molecule has 0 heterocycles. The first-order chi connectivity index (χ1) is 7.88. The molecule has 2 aliphatic carbocycles. The van der Waals surface area contributed by atoms with E-state index in [4.69, 9.17) is 0 Å².